The summed E-state index contributed by atoms with van der Waals surface area (Å²) in [4.78, 5) is 14.4. The molecule has 1 saturated heterocycles. The molecule has 1 aromatic heterocycles. The Morgan fingerprint density at radius 1 is 1.17 bits per heavy atom. The summed E-state index contributed by atoms with van der Waals surface area (Å²) in [5, 5.41) is 4.28. The molecule has 0 atom stereocenters. The molecule has 1 aromatic carbocycles. The summed E-state index contributed by atoms with van der Waals surface area (Å²) in [5.41, 5.74) is 1.92. The smallest absolute Gasteiger partial charge is 0.267 e. The predicted octanol–water partition coefficient (Wildman–Crippen LogP) is 2.91. The number of rotatable bonds is 4. The van der Waals surface area contributed by atoms with Crippen molar-refractivity contribution in [3.05, 3.63) is 64.1 Å². The molecule has 0 bridgehead atoms. The van der Waals surface area contributed by atoms with Gasteiger partial charge in [0.1, 0.15) is 4.32 Å². The molecule has 1 aliphatic rings. The van der Waals surface area contributed by atoms with Crippen LogP contribution < -0.4 is 5.56 Å². The average molecular weight is 345 g/mol. The molecule has 0 aliphatic carbocycles. The van der Waals surface area contributed by atoms with Crippen LogP contribution in [0.1, 0.15) is 24.0 Å². The maximum Gasteiger partial charge on any atom is 0.267 e. The van der Waals surface area contributed by atoms with E-state index in [0.29, 0.717) is 12.3 Å². The maximum absolute atomic E-state index is 12.2. The lowest BCUT2D eigenvalue weighted by Gasteiger charge is -2.17. The van der Waals surface area contributed by atoms with Gasteiger partial charge in [0.05, 0.1) is 12.7 Å². The summed E-state index contributed by atoms with van der Waals surface area (Å²) in [6.45, 7) is 2.62. The van der Waals surface area contributed by atoms with Crippen molar-refractivity contribution in [2.24, 2.45) is 0 Å². The molecule has 3 rings (SSSR count). The van der Waals surface area contributed by atoms with E-state index in [1.807, 2.05) is 30.3 Å². The van der Waals surface area contributed by atoms with Gasteiger partial charge in [-0.25, -0.2) is 4.68 Å². The highest BCUT2D eigenvalue weighted by Gasteiger charge is 2.15. The first kappa shape index (κ1) is 16.2. The fourth-order valence-corrected chi connectivity index (χ4v) is 3.73. The number of thioether (sulfide) groups is 1. The number of thiocarbonyl (C=S) groups is 1. The first-order chi connectivity index (χ1) is 11.2. The molecule has 0 spiro atoms. The monoisotopic (exact) mass is 345 g/mol. The Kier molecular flexibility index (Phi) is 5.46. The summed E-state index contributed by atoms with van der Waals surface area (Å²) in [6, 6.07) is 11.5. The second-order valence-electron chi connectivity index (χ2n) is 5.59. The molecule has 0 amide bonds. The van der Waals surface area contributed by atoms with Gasteiger partial charge in [-0.05, 0) is 24.0 Å². The number of hydrogen-bond acceptors (Lipinski definition) is 4. The first-order valence-corrected chi connectivity index (χ1v) is 9.13. The molecular formula is C17H19N3OS2. The quantitative estimate of drug-likeness (QED) is 0.797. The van der Waals surface area contributed by atoms with Crippen LogP contribution in [0.5, 0.6) is 0 Å². The van der Waals surface area contributed by atoms with Crippen molar-refractivity contribution in [3.8, 4) is 0 Å². The van der Waals surface area contributed by atoms with Crippen LogP contribution in [0.4, 0.5) is 0 Å². The minimum atomic E-state index is -0.0703. The number of likely N-dealkylation sites (tertiary alicyclic amines) is 1. The molecular weight excluding hydrogens is 326 g/mol. The zero-order chi connectivity index (χ0) is 16.1. The molecule has 23 heavy (non-hydrogen) atoms. The van der Waals surface area contributed by atoms with Crippen LogP contribution in [0.2, 0.25) is 0 Å². The zero-order valence-electron chi connectivity index (χ0n) is 12.9. The van der Waals surface area contributed by atoms with E-state index in [1.165, 1.54) is 17.5 Å². The highest BCUT2D eigenvalue weighted by molar-refractivity contribution is 8.22. The Balaban J connectivity index is 1.60. The predicted molar refractivity (Wildman–Crippen MR) is 98.7 cm³/mol. The normalized spacial score (nSPS) is 14.2. The SMILES string of the molecule is O=c1cc(CSC(=S)N2CCCC2)cnn1Cc1ccccc1. The fourth-order valence-electron chi connectivity index (χ4n) is 2.56. The third-order valence-corrected chi connectivity index (χ3v) is 5.42. The third-order valence-electron chi connectivity index (χ3n) is 3.83. The van der Waals surface area contributed by atoms with Crippen molar-refractivity contribution in [1.82, 2.24) is 14.7 Å². The highest BCUT2D eigenvalue weighted by atomic mass is 32.2. The van der Waals surface area contributed by atoms with Crippen molar-refractivity contribution in [1.29, 1.82) is 0 Å². The van der Waals surface area contributed by atoms with E-state index in [4.69, 9.17) is 12.2 Å². The largest absolute Gasteiger partial charge is 0.358 e. The average Bonchev–Trinajstić information content (AvgIpc) is 3.10. The Hall–Kier alpha value is -1.66. The summed E-state index contributed by atoms with van der Waals surface area (Å²) < 4.78 is 2.42. The topological polar surface area (TPSA) is 38.1 Å². The van der Waals surface area contributed by atoms with Gasteiger partial charge in [-0.2, -0.15) is 5.10 Å². The number of aromatic nitrogens is 2. The Labute approximate surface area is 145 Å². The minimum absolute atomic E-state index is 0.0703. The van der Waals surface area contributed by atoms with Crippen LogP contribution in [0.3, 0.4) is 0 Å². The molecule has 2 heterocycles. The van der Waals surface area contributed by atoms with E-state index in [0.717, 1.165) is 28.5 Å². The van der Waals surface area contributed by atoms with E-state index in [9.17, 15) is 4.79 Å². The van der Waals surface area contributed by atoms with Crippen LogP contribution in [0.15, 0.2) is 47.4 Å². The second-order valence-corrected chi connectivity index (χ2v) is 7.20. The third kappa shape index (κ3) is 4.42. The molecule has 4 nitrogen and oxygen atoms in total. The molecule has 1 aliphatic heterocycles. The summed E-state index contributed by atoms with van der Waals surface area (Å²) in [5.74, 6) is 0.698. The number of nitrogens with zero attached hydrogens (tertiary/aromatic N) is 3. The molecule has 0 radical (unpaired) electrons. The Bertz CT molecular complexity index is 724. The van der Waals surface area contributed by atoms with E-state index in [-0.39, 0.29) is 5.56 Å². The van der Waals surface area contributed by atoms with Crippen molar-refractivity contribution >= 4 is 28.3 Å². The van der Waals surface area contributed by atoms with E-state index in [2.05, 4.69) is 10.00 Å². The number of benzene rings is 1. The van der Waals surface area contributed by atoms with Gasteiger partial charge in [0.25, 0.3) is 5.56 Å². The van der Waals surface area contributed by atoms with Gasteiger partial charge in [-0.15, -0.1) is 0 Å². The van der Waals surface area contributed by atoms with Gasteiger partial charge in [0.15, 0.2) is 0 Å². The minimum Gasteiger partial charge on any atom is -0.358 e. The van der Waals surface area contributed by atoms with E-state index in [1.54, 1.807) is 24.0 Å². The molecule has 2 aromatic rings. The first-order valence-electron chi connectivity index (χ1n) is 7.74. The van der Waals surface area contributed by atoms with Gasteiger partial charge < -0.3 is 4.90 Å². The summed E-state index contributed by atoms with van der Waals surface area (Å²) in [6.07, 6.45) is 4.21. The maximum atomic E-state index is 12.2. The summed E-state index contributed by atoms with van der Waals surface area (Å²) >= 11 is 7.06. The lowest BCUT2D eigenvalue weighted by Crippen LogP contribution is -2.24. The fraction of sp³-hybridized carbons (Fsp3) is 0.353. The van der Waals surface area contributed by atoms with Gasteiger partial charge in [-0.3, -0.25) is 4.79 Å². The van der Waals surface area contributed by atoms with Gasteiger partial charge in [-0.1, -0.05) is 54.3 Å². The van der Waals surface area contributed by atoms with Crippen LogP contribution in [-0.4, -0.2) is 32.1 Å². The Morgan fingerprint density at radius 2 is 1.91 bits per heavy atom. The van der Waals surface area contributed by atoms with Gasteiger partial charge in [0.2, 0.25) is 0 Å². The molecule has 6 heteroatoms. The van der Waals surface area contributed by atoms with Gasteiger partial charge in [0, 0.05) is 24.9 Å². The highest BCUT2D eigenvalue weighted by Crippen LogP contribution is 2.19. The van der Waals surface area contributed by atoms with Crippen molar-refractivity contribution < 1.29 is 0 Å². The molecule has 1 fully saturated rings. The van der Waals surface area contributed by atoms with Gasteiger partial charge >= 0.3 is 0 Å². The van der Waals surface area contributed by atoms with Crippen LogP contribution in [0, 0.1) is 0 Å². The van der Waals surface area contributed by atoms with E-state index >= 15 is 0 Å². The van der Waals surface area contributed by atoms with Crippen LogP contribution >= 0.6 is 24.0 Å². The zero-order valence-corrected chi connectivity index (χ0v) is 14.5. The standard InChI is InChI=1S/C17H19N3OS2/c21-16-10-15(13-23-17(22)19-8-4-5-9-19)11-18-20(16)12-14-6-2-1-3-7-14/h1-3,6-7,10-11H,4-5,8-9,12-13H2. The van der Waals surface area contributed by atoms with Crippen molar-refractivity contribution in [2.75, 3.05) is 13.1 Å². The lowest BCUT2D eigenvalue weighted by molar-refractivity contribution is 0.539. The molecule has 0 saturated carbocycles. The van der Waals surface area contributed by atoms with Crippen LogP contribution in [-0.2, 0) is 12.3 Å². The summed E-state index contributed by atoms with van der Waals surface area (Å²) in [7, 11) is 0. The lowest BCUT2D eigenvalue weighted by atomic mass is 10.2. The van der Waals surface area contributed by atoms with Crippen molar-refractivity contribution in [3.63, 3.8) is 0 Å². The van der Waals surface area contributed by atoms with Crippen LogP contribution in [0.25, 0.3) is 0 Å². The molecule has 0 unspecified atom stereocenters. The Morgan fingerprint density at radius 3 is 2.61 bits per heavy atom. The van der Waals surface area contributed by atoms with Crippen molar-refractivity contribution in [2.45, 2.75) is 25.1 Å². The molecule has 120 valence electrons. The number of hydrogen-bond donors (Lipinski definition) is 0. The molecule has 0 N–H and O–H groups in total. The van der Waals surface area contributed by atoms with E-state index < -0.39 is 0 Å². The second kappa shape index (κ2) is 7.75.